The quantitative estimate of drug-likeness (QED) is 0.678. The number of benzene rings is 2. The summed E-state index contributed by atoms with van der Waals surface area (Å²) in [7, 11) is -3.86. The molecular weight excluding hydrogens is 387 g/mol. The Bertz CT molecular complexity index is 987. The van der Waals surface area contributed by atoms with Crippen molar-refractivity contribution in [2.75, 3.05) is 6.61 Å². The molecule has 1 saturated carbocycles. The minimum absolute atomic E-state index is 0.181. The van der Waals surface area contributed by atoms with Crippen LogP contribution in [-0.4, -0.2) is 15.0 Å². The van der Waals surface area contributed by atoms with Gasteiger partial charge in [0, 0.05) is 10.9 Å². The number of hydrogen-bond acceptors (Lipinski definition) is 3. The molecule has 0 radical (unpaired) electrons. The maximum atomic E-state index is 15.1. The van der Waals surface area contributed by atoms with E-state index in [0.29, 0.717) is 29.5 Å². The van der Waals surface area contributed by atoms with Crippen molar-refractivity contribution in [3.63, 3.8) is 0 Å². The Morgan fingerprint density at radius 2 is 1.89 bits per heavy atom. The lowest BCUT2D eigenvalue weighted by atomic mass is 9.69. The van der Waals surface area contributed by atoms with Gasteiger partial charge in [0.15, 0.2) is 9.84 Å². The Morgan fingerprint density at radius 3 is 2.59 bits per heavy atom. The molecule has 27 heavy (non-hydrogen) atoms. The van der Waals surface area contributed by atoms with Gasteiger partial charge in [-0.2, -0.15) is 0 Å². The molecule has 3 atom stereocenters. The number of ether oxygens (including phenoxy) is 1. The topological polar surface area (TPSA) is 43.4 Å². The van der Waals surface area contributed by atoms with Crippen molar-refractivity contribution >= 4 is 21.4 Å². The summed E-state index contributed by atoms with van der Waals surface area (Å²) in [6.45, 7) is 4.22. The number of hydrogen-bond donors (Lipinski definition) is 0. The zero-order valence-electron chi connectivity index (χ0n) is 15.3. The highest BCUT2D eigenvalue weighted by atomic mass is 35.5. The minimum atomic E-state index is -3.86. The third-order valence-electron chi connectivity index (χ3n) is 6.11. The third-order valence-corrected chi connectivity index (χ3v) is 8.96. The highest BCUT2D eigenvalue weighted by Gasteiger charge is 2.58. The van der Waals surface area contributed by atoms with Gasteiger partial charge in [-0.1, -0.05) is 24.6 Å². The summed E-state index contributed by atoms with van der Waals surface area (Å²) < 4.78 is 47.5. The van der Waals surface area contributed by atoms with Crippen molar-refractivity contribution in [2.24, 2.45) is 11.8 Å². The van der Waals surface area contributed by atoms with E-state index in [-0.39, 0.29) is 23.0 Å². The fourth-order valence-electron chi connectivity index (χ4n) is 4.73. The lowest BCUT2D eigenvalue weighted by Crippen LogP contribution is -2.52. The summed E-state index contributed by atoms with van der Waals surface area (Å²) in [5.41, 5.74) is 0.967. The van der Waals surface area contributed by atoms with Gasteiger partial charge in [0.25, 0.3) is 0 Å². The van der Waals surface area contributed by atoms with Gasteiger partial charge >= 0.3 is 0 Å². The first-order valence-corrected chi connectivity index (χ1v) is 11.1. The van der Waals surface area contributed by atoms with Gasteiger partial charge in [-0.3, -0.25) is 0 Å². The Balaban J connectivity index is 2.02. The molecule has 1 fully saturated rings. The van der Waals surface area contributed by atoms with Gasteiger partial charge in [0.1, 0.15) is 16.3 Å². The summed E-state index contributed by atoms with van der Waals surface area (Å²) in [5.74, 6) is -0.0296. The van der Waals surface area contributed by atoms with Crippen LogP contribution in [0.1, 0.15) is 37.3 Å². The van der Waals surface area contributed by atoms with Crippen molar-refractivity contribution < 1.29 is 17.5 Å². The second-order valence-electron chi connectivity index (χ2n) is 7.80. The fraction of sp³-hybridized carbons (Fsp3) is 0.429. The molecule has 1 aliphatic carbocycles. The van der Waals surface area contributed by atoms with Crippen LogP contribution in [0.2, 0.25) is 5.02 Å². The van der Waals surface area contributed by atoms with E-state index in [9.17, 15) is 8.42 Å². The molecule has 6 heteroatoms. The molecular formula is C21H22ClFO3S. The van der Waals surface area contributed by atoms with Gasteiger partial charge in [0.05, 0.1) is 17.1 Å². The van der Waals surface area contributed by atoms with E-state index in [0.717, 1.165) is 12.0 Å². The molecule has 2 aromatic rings. The summed E-state index contributed by atoms with van der Waals surface area (Å²) >= 11 is 5.95. The van der Waals surface area contributed by atoms with Crippen LogP contribution in [0.25, 0.3) is 0 Å². The molecule has 2 aromatic carbocycles. The van der Waals surface area contributed by atoms with Crippen molar-refractivity contribution in [3.8, 4) is 5.75 Å². The largest absolute Gasteiger partial charge is 0.493 e. The smallest absolute Gasteiger partial charge is 0.188 e. The van der Waals surface area contributed by atoms with E-state index in [4.69, 9.17) is 16.3 Å². The monoisotopic (exact) mass is 408 g/mol. The molecule has 0 bridgehead atoms. The van der Waals surface area contributed by atoms with E-state index < -0.39 is 20.4 Å². The van der Waals surface area contributed by atoms with Gasteiger partial charge < -0.3 is 4.74 Å². The first-order chi connectivity index (χ1) is 12.8. The summed E-state index contributed by atoms with van der Waals surface area (Å²) in [4.78, 5) is 0.181. The van der Waals surface area contributed by atoms with E-state index in [1.165, 1.54) is 18.2 Å². The van der Waals surface area contributed by atoms with Crippen molar-refractivity contribution in [1.29, 1.82) is 0 Å². The molecule has 0 amide bonds. The molecule has 0 saturated heterocycles. The lowest BCUT2D eigenvalue weighted by Gasteiger charge is -2.49. The Morgan fingerprint density at radius 1 is 1.19 bits per heavy atom. The van der Waals surface area contributed by atoms with Crippen LogP contribution < -0.4 is 4.74 Å². The molecule has 1 aliphatic heterocycles. The third kappa shape index (κ3) is 2.70. The molecule has 3 nitrogen and oxygen atoms in total. The molecule has 4 rings (SSSR count). The SMILES string of the molecule is Cc1ccc(F)c2c1OC[C@H]1C[C@H](C)CC[C@@]21S(=O)(=O)c1ccc(Cl)cc1. The van der Waals surface area contributed by atoms with E-state index in [2.05, 4.69) is 6.92 Å². The van der Waals surface area contributed by atoms with Crippen molar-refractivity contribution in [3.05, 3.63) is 58.4 Å². The van der Waals surface area contributed by atoms with Crippen molar-refractivity contribution in [2.45, 2.75) is 42.8 Å². The second-order valence-corrected chi connectivity index (χ2v) is 10.4. The lowest BCUT2D eigenvalue weighted by molar-refractivity contribution is 0.106. The molecule has 0 unspecified atom stereocenters. The summed E-state index contributed by atoms with van der Waals surface area (Å²) in [6, 6.07) is 9.17. The average molecular weight is 409 g/mol. The highest BCUT2D eigenvalue weighted by molar-refractivity contribution is 7.92. The summed E-state index contributed by atoms with van der Waals surface area (Å²) in [6.07, 6.45) is 1.82. The van der Waals surface area contributed by atoms with Crippen LogP contribution in [0.15, 0.2) is 41.3 Å². The predicted molar refractivity (Wildman–Crippen MR) is 103 cm³/mol. The van der Waals surface area contributed by atoms with E-state index in [1.807, 2.05) is 6.92 Å². The molecule has 144 valence electrons. The van der Waals surface area contributed by atoms with Crippen LogP contribution in [0.3, 0.4) is 0 Å². The van der Waals surface area contributed by atoms with E-state index in [1.54, 1.807) is 18.2 Å². The Labute approximate surface area is 164 Å². The zero-order valence-corrected chi connectivity index (χ0v) is 16.9. The minimum Gasteiger partial charge on any atom is -0.493 e. The van der Waals surface area contributed by atoms with E-state index >= 15 is 4.39 Å². The molecule has 0 N–H and O–H groups in total. The molecule has 2 aliphatic rings. The van der Waals surface area contributed by atoms with Gasteiger partial charge in [-0.25, -0.2) is 12.8 Å². The summed E-state index contributed by atoms with van der Waals surface area (Å²) in [5, 5.41) is 0.467. The average Bonchev–Trinajstić information content (AvgIpc) is 2.64. The van der Waals surface area contributed by atoms with Gasteiger partial charge in [0.2, 0.25) is 0 Å². The Hall–Kier alpha value is -1.59. The normalized spacial score (nSPS) is 27.4. The number of halogens is 2. The molecule has 0 aromatic heterocycles. The number of sulfone groups is 1. The fourth-order valence-corrected chi connectivity index (χ4v) is 7.22. The van der Waals surface area contributed by atoms with Crippen LogP contribution in [0.4, 0.5) is 4.39 Å². The number of rotatable bonds is 2. The predicted octanol–water partition coefficient (Wildman–Crippen LogP) is 5.29. The maximum Gasteiger partial charge on any atom is 0.188 e. The number of fused-ring (bicyclic) bond motifs is 3. The van der Waals surface area contributed by atoms with Crippen molar-refractivity contribution in [1.82, 2.24) is 0 Å². The second kappa shape index (κ2) is 6.49. The first kappa shape index (κ1) is 18.8. The van der Waals surface area contributed by atoms with Crippen LogP contribution in [0.5, 0.6) is 5.75 Å². The van der Waals surface area contributed by atoms with Crippen LogP contribution in [-0.2, 0) is 14.6 Å². The van der Waals surface area contributed by atoms with Crippen LogP contribution >= 0.6 is 11.6 Å². The number of aryl methyl sites for hydroxylation is 1. The molecule has 1 heterocycles. The van der Waals surface area contributed by atoms with Gasteiger partial charge in [-0.15, -0.1) is 0 Å². The Kier molecular flexibility index (Phi) is 4.51. The maximum absolute atomic E-state index is 15.1. The first-order valence-electron chi connectivity index (χ1n) is 9.20. The standard InChI is InChI=1S/C21H22ClFO3S/c1-13-9-10-21(27(24,25)17-6-4-16(22)5-7-17)15(11-13)12-26-20-14(2)3-8-18(23)19(20)21/h3-8,13,15H,9-12H2,1-2H3/t13-,15-,21+/m1/s1. The highest BCUT2D eigenvalue weighted by Crippen LogP contribution is 2.57. The zero-order chi connectivity index (χ0) is 19.4. The van der Waals surface area contributed by atoms with Crippen LogP contribution in [0, 0.1) is 24.6 Å². The van der Waals surface area contributed by atoms with Gasteiger partial charge in [-0.05, 0) is 68.0 Å². The molecule has 0 spiro atoms.